The molecule has 3 heteroatoms. The Morgan fingerprint density at radius 3 is 1.98 bits per heavy atom. The van der Waals surface area contributed by atoms with Gasteiger partial charge in [-0.25, -0.2) is 0 Å². The monoisotopic (exact) mass is 664 g/mol. The SMILES string of the molecule is c1ccc(-c2cccc(N(c3ccc(-c4ccccc4)c(-c4ccc5ccccc5c4)c3)c3cc4c5ccccc5oc4c4ncccc34)c2)cc1. The number of fused-ring (bicyclic) bond motifs is 6. The van der Waals surface area contributed by atoms with Gasteiger partial charge in [-0.1, -0.05) is 133 Å². The van der Waals surface area contributed by atoms with Gasteiger partial charge in [0.25, 0.3) is 0 Å². The number of hydrogen-bond donors (Lipinski definition) is 0. The average Bonchev–Trinajstić information content (AvgIpc) is 3.60. The van der Waals surface area contributed by atoms with E-state index in [4.69, 9.17) is 9.40 Å². The molecule has 8 aromatic carbocycles. The summed E-state index contributed by atoms with van der Waals surface area (Å²) in [6.07, 6.45) is 1.85. The number of pyridine rings is 1. The van der Waals surface area contributed by atoms with E-state index >= 15 is 0 Å². The first kappa shape index (κ1) is 29.9. The summed E-state index contributed by atoms with van der Waals surface area (Å²) < 4.78 is 6.48. The van der Waals surface area contributed by atoms with Crippen LogP contribution in [0.4, 0.5) is 17.1 Å². The molecule has 0 unspecified atom stereocenters. The lowest BCUT2D eigenvalue weighted by Crippen LogP contribution is -2.11. The van der Waals surface area contributed by atoms with E-state index in [2.05, 4.69) is 175 Å². The fraction of sp³-hybridized carbons (Fsp3) is 0. The summed E-state index contributed by atoms with van der Waals surface area (Å²) in [5, 5.41) is 5.56. The molecule has 0 radical (unpaired) electrons. The first-order valence-corrected chi connectivity index (χ1v) is 17.6. The number of rotatable bonds is 6. The smallest absolute Gasteiger partial charge is 0.161 e. The lowest BCUT2D eigenvalue weighted by Gasteiger charge is -2.28. The van der Waals surface area contributed by atoms with Crippen molar-refractivity contribution in [2.75, 3.05) is 4.90 Å². The Balaban J connectivity index is 1.27. The second kappa shape index (κ2) is 12.4. The molecule has 244 valence electrons. The van der Waals surface area contributed by atoms with Crippen LogP contribution in [0, 0.1) is 0 Å². The van der Waals surface area contributed by atoms with E-state index < -0.39 is 0 Å². The van der Waals surface area contributed by atoms with Crippen molar-refractivity contribution in [3.8, 4) is 33.4 Å². The number of anilines is 3. The molecule has 0 fully saturated rings. The summed E-state index contributed by atoms with van der Waals surface area (Å²) >= 11 is 0. The number of hydrogen-bond acceptors (Lipinski definition) is 3. The number of furan rings is 1. The topological polar surface area (TPSA) is 29.3 Å². The quantitative estimate of drug-likeness (QED) is 0.177. The predicted molar refractivity (Wildman–Crippen MR) is 218 cm³/mol. The van der Waals surface area contributed by atoms with Crippen molar-refractivity contribution >= 4 is 60.7 Å². The zero-order valence-corrected chi connectivity index (χ0v) is 28.3. The summed E-state index contributed by atoms with van der Waals surface area (Å²) in [7, 11) is 0. The molecule has 0 saturated heterocycles. The summed E-state index contributed by atoms with van der Waals surface area (Å²) in [6.45, 7) is 0. The predicted octanol–water partition coefficient (Wildman–Crippen LogP) is 13.8. The Morgan fingerprint density at radius 1 is 0.404 bits per heavy atom. The second-order valence-electron chi connectivity index (χ2n) is 13.2. The normalized spacial score (nSPS) is 11.5. The van der Waals surface area contributed by atoms with Gasteiger partial charge >= 0.3 is 0 Å². The molecule has 2 aromatic heterocycles. The van der Waals surface area contributed by atoms with Crippen LogP contribution in [0.1, 0.15) is 0 Å². The Kier molecular flexibility index (Phi) is 7.14. The Labute approximate surface area is 301 Å². The number of para-hydroxylation sites is 1. The van der Waals surface area contributed by atoms with Gasteiger partial charge in [-0.3, -0.25) is 4.98 Å². The van der Waals surface area contributed by atoms with Crippen molar-refractivity contribution in [3.05, 3.63) is 194 Å². The number of nitrogens with zero attached hydrogens (tertiary/aromatic N) is 2. The molecular formula is C49H32N2O. The van der Waals surface area contributed by atoms with E-state index in [0.717, 1.165) is 61.0 Å². The Hall–Kier alpha value is -6.97. The van der Waals surface area contributed by atoms with Crippen molar-refractivity contribution in [3.63, 3.8) is 0 Å². The van der Waals surface area contributed by atoms with Crippen molar-refractivity contribution in [2.45, 2.75) is 0 Å². The minimum Gasteiger partial charge on any atom is -0.454 e. The third-order valence-corrected chi connectivity index (χ3v) is 10.1. The van der Waals surface area contributed by atoms with E-state index in [0.29, 0.717) is 0 Å². The van der Waals surface area contributed by atoms with E-state index in [1.54, 1.807) is 0 Å². The lowest BCUT2D eigenvalue weighted by molar-refractivity contribution is 0.671. The molecule has 0 aliphatic carbocycles. The molecule has 52 heavy (non-hydrogen) atoms. The van der Waals surface area contributed by atoms with Gasteiger partial charge in [0, 0.05) is 33.7 Å². The Morgan fingerprint density at radius 2 is 1.12 bits per heavy atom. The van der Waals surface area contributed by atoms with Gasteiger partial charge in [-0.05, 0) is 98.8 Å². The maximum Gasteiger partial charge on any atom is 0.161 e. The van der Waals surface area contributed by atoms with Gasteiger partial charge in [0.05, 0.1) is 5.69 Å². The zero-order valence-electron chi connectivity index (χ0n) is 28.3. The van der Waals surface area contributed by atoms with Crippen LogP contribution >= 0.6 is 0 Å². The minimum atomic E-state index is 0.801. The Bertz CT molecular complexity index is 2910. The van der Waals surface area contributed by atoms with Crippen LogP contribution in [-0.2, 0) is 0 Å². The van der Waals surface area contributed by atoms with Crippen molar-refractivity contribution < 1.29 is 4.42 Å². The third-order valence-electron chi connectivity index (χ3n) is 10.1. The van der Waals surface area contributed by atoms with Crippen LogP contribution in [0.3, 0.4) is 0 Å². The number of aromatic nitrogens is 1. The van der Waals surface area contributed by atoms with Crippen LogP contribution in [0.15, 0.2) is 199 Å². The molecular weight excluding hydrogens is 633 g/mol. The van der Waals surface area contributed by atoms with E-state index in [1.165, 1.54) is 33.0 Å². The molecule has 0 saturated carbocycles. The fourth-order valence-corrected chi connectivity index (χ4v) is 7.60. The summed E-state index contributed by atoms with van der Waals surface area (Å²) in [5.41, 5.74) is 12.6. The molecule has 0 aliphatic rings. The molecule has 0 atom stereocenters. The first-order chi connectivity index (χ1) is 25.8. The largest absolute Gasteiger partial charge is 0.454 e. The molecule has 0 N–H and O–H groups in total. The van der Waals surface area contributed by atoms with Crippen molar-refractivity contribution in [1.82, 2.24) is 4.98 Å². The number of benzene rings is 8. The highest BCUT2D eigenvalue weighted by Crippen LogP contribution is 2.46. The summed E-state index contributed by atoms with van der Waals surface area (Å²) in [5.74, 6) is 0. The molecule has 0 spiro atoms. The highest BCUT2D eigenvalue weighted by atomic mass is 16.3. The van der Waals surface area contributed by atoms with E-state index in [-0.39, 0.29) is 0 Å². The van der Waals surface area contributed by atoms with Crippen molar-refractivity contribution in [2.24, 2.45) is 0 Å². The fourth-order valence-electron chi connectivity index (χ4n) is 7.60. The second-order valence-corrected chi connectivity index (χ2v) is 13.2. The molecule has 10 rings (SSSR count). The van der Waals surface area contributed by atoms with Crippen LogP contribution in [0.25, 0.3) is 77.0 Å². The van der Waals surface area contributed by atoms with E-state index in [9.17, 15) is 0 Å². The van der Waals surface area contributed by atoms with Gasteiger partial charge < -0.3 is 9.32 Å². The first-order valence-electron chi connectivity index (χ1n) is 17.6. The van der Waals surface area contributed by atoms with Crippen LogP contribution in [0.5, 0.6) is 0 Å². The summed E-state index contributed by atoms with van der Waals surface area (Å²) in [4.78, 5) is 7.31. The highest BCUT2D eigenvalue weighted by Gasteiger charge is 2.22. The van der Waals surface area contributed by atoms with Crippen LogP contribution < -0.4 is 4.90 Å². The average molecular weight is 665 g/mol. The highest BCUT2D eigenvalue weighted by molar-refractivity contribution is 6.18. The van der Waals surface area contributed by atoms with Crippen LogP contribution in [0.2, 0.25) is 0 Å². The van der Waals surface area contributed by atoms with Gasteiger partial charge in [-0.15, -0.1) is 0 Å². The zero-order chi connectivity index (χ0) is 34.4. The molecule has 10 aromatic rings. The van der Waals surface area contributed by atoms with Gasteiger partial charge in [-0.2, -0.15) is 0 Å². The standard InChI is InChI=1S/C49H32N2O/c1-3-13-33(14-4-1)37-19-11-20-39(30-37)51(46-32-45-42-21-9-10-23-47(42)52-49(45)48-43(46)22-12-28-50-48)40-26-27-41(35-16-5-2-6-17-35)44(31-40)38-25-24-34-15-7-8-18-36(34)29-38/h1-32H. The molecule has 2 heterocycles. The molecule has 3 nitrogen and oxygen atoms in total. The van der Waals surface area contributed by atoms with Gasteiger partial charge in [0.1, 0.15) is 11.1 Å². The molecule has 0 aliphatic heterocycles. The van der Waals surface area contributed by atoms with Crippen LogP contribution in [-0.4, -0.2) is 4.98 Å². The molecule has 0 bridgehead atoms. The third kappa shape index (κ3) is 5.10. The maximum absolute atomic E-state index is 6.48. The van der Waals surface area contributed by atoms with Crippen molar-refractivity contribution in [1.29, 1.82) is 0 Å². The van der Waals surface area contributed by atoms with E-state index in [1.807, 2.05) is 24.4 Å². The lowest BCUT2D eigenvalue weighted by atomic mass is 9.92. The minimum absolute atomic E-state index is 0.801. The summed E-state index contributed by atoms with van der Waals surface area (Å²) in [6, 6.07) is 67.0. The maximum atomic E-state index is 6.48. The molecule has 0 amide bonds. The van der Waals surface area contributed by atoms with Gasteiger partial charge in [0.15, 0.2) is 5.58 Å². The van der Waals surface area contributed by atoms with Gasteiger partial charge in [0.2, 0.25) is 0 Å².